The van der Waals surface area contributed by atoms with E-state index in [9.17, 15) is 13.2 Å². The first-order chi connectivity index (χ1) is 12.4. The van der Waals surface area contributed by atoms with Gasteiger partial charge in [0.15, 0.2) is 15.9 Å². The van der Waals surface area contributed by atoms with Gasteiger partial charge < -0.3 is 9.80 Å². The number of carbonyl (C=O) groups is 1. The molecule has 0 radical (unpaired) electrons. The van der Waals surface area contributed by atoms with Crippen molar-refractivity contribution in [2.75, 3.05) is 49.1 Å². The molecule has 3 heterocycles. The first-order valence-electron chi connectivity index (χ1n) is 9.48. The number of nitrogens with one attached hydrogen (secondary N) is 2. The van der Waals surface area contributed by atoms with Crippen LogP contribution in [-0.4, -0.2) is 75.5 Å². The molecule has 1 aromatic rings. The number of H-pyrrole nitrogens is 1. The van der Waals surface area contributed by atoms with Crippen molar-refractivity contribution in [1.82, 2.24) is 4.90 Å². The molecule has 7 nitrogen and oxygen atoms in total. The second kappa shape index (κ2) is 7.92. The average Bonchev–Trinajstić information content (AvgIpc) is 3.02. The van der Waals surface area contributed by atoms with Crippen LogP contribution in [0.3, 0.4) is 0 Å². The highest BCUT2D eigenvalue weighted by atomic mass is 32.2. The van der Waals surface area contributed by atoms with Gasteiger partial charge in [0.2, 0.25) is 0 Å². The molecule has 0 aliphatic carbocycles. The minimum Gasteiger partial charge on any atom is -0.334 e. The fourth-order valence-corrected chi connectivity index (χ4v) is 5.82. The first kappa shape index (κ1) is 19.1. The maximum absolute atomic E-state index is 13.0. The minimum absolute atomic E-state index is 0.0873. The van der Waals surface area contributed by atoms with Crippen molar-refractivity contribution in [3.05, 3.63) is 24.4 Å². The van der Waals surface area contributed by atoms with Crippen LogP contribution in [0.4, 0.5) is 5.82 Å². The molecule has 144 valence electrons. The molecule has 3 rings (SSSR count). The number of sulfone groups is 1. The Morgan fingerprint density at radius 2 is 2.12 bits per heavy atom. The van der Waals surface area contributed by atoms with Gasteiger partial charge in [-0.25, -0.2) is 13.4 Å². The molecule has 8 heteroatoms. The zero-order valence-electron chi connectivity index (χ0n) is 15.6. The number of carbonyl (C=O) groups excluding carboxylic acids is 1. The number of hydrogen-bond acceptors (Lipinski definition) is 4. The van der Waals surface area contributed by atoms with Gasteiger partial charge in [-0.3, -0.25) is 9.69 Å². The monoisotopic (exact) mass is 382 g/mol. The third-order valence-electron chi connectivity index (χ3n) is 5.69. The largest absolute Gasteiger partial charge is 0.334 e. The van der Waals surface area contributed by atoms with Crippen LogP contribution in [0.15, 0.2) is 24.4 Å². The number of aromatic amines is 1. The summed E-state index contributed by atoms with van der Waals surface area (Å²) >= 11 is 0. The number of amides is 1. The molecule has 0 spiro atoms. The maximum atomic E-state index is 13.0. The Labute approximate surface area is 155 Å². The predicted molar refractivity (Wildman–Crippen MR) is 99.8 cm³/mol. The first-order valence-corrected chi connectivity index (χ1v) is 11.3. The Bertz CT molecular complexity index is 717. The van der Waals surface area contributed by atoms with Gasteiger partial charge in [-0.05, 0) is 26.3 Å². The number of aromatic nitrogens is 1. The number of rotatable bonds is 5. The van der Waals surface area contributed by atoms with E-state index >= 15 is 0 Å². The lowest BCUT2D eigenvalue weighted by molar-refractivity contribution is -0.915. The molecule has 2 aliphatic heterocycles. The zero-order chi connectivity index (χ0) is 18.7. The Kier molecular flexibility index (Phi) is 5.82. The quantitative estimate of drug-likeness (QED) is 0.682. The predicted octanol–water partition coefficient (Wildman–Crippen LogP) is -1.37. The SMILES string of the molecule is CCN(C(=O)[C@@H](C)[NH+]1CCN(c2cccc[nH+]2)CC1)[C@@H]1CCS(=O)(=O)C1. The van der Waals surface area contributed by atoms with Crippen LogP contribution in [0.1, 0.15) is 20.3 Å². The molecular weight excluding hydrogens is 352 g/mol. The molecule has 0 saturated carbocycles. The van der Waals surface area contributed by atoms with E-state index in [-0.39, 0.29) is 29.5 Å². The second-order valence-corrected chi connectivity index (χ2v) is 9.52. The van der Waals surface area contributed by atoms with E-state index in [4.69, 9.17) is 0 Å². The van der Waals surface area contributed by atoms with Gasteiger partial charge in [0.05, 0.1) is 17.7 Å². The third-order valence-corrected chi connectivity index (χ3v) is 7.45. The van der Waals surface area contributed by atoms with Crippen LogP contribution >= 0.6 is 0 Å². The van der Waals surface area contributed by atoms with E-state index in [2.05, 4.69) is 16.0 Å². The molecule has 2 fully saturated rings. The van der Waals surface area contributed by atoms with Crippen molar-refractivity contribution in [3.63, 3.8) is 0 Å². The highest BCUT2D eigenvalue weighted by molar-refractivity contribution is 7.91. The molecule has 1 aromatic heterocycles. The van der Waals surface area contributed by atoms with Crippen molar-refractivity contribution in [3.8, 4) is 0 Å². The lowest BCUT2D eigenvalue weighted by atomic mass is 10.1. The summed E-state index contributed by atoms with van der Waals surface area (Å²) in [5.41, 5.74) is 0. The van der Waals surface area contributed by atoms with E-state index in [1.54, 1.807) is 4.90 Å². The van der Waals surface area contributed by atoms with Crippen molar-refractivity contribution in [1.29, 1.82) is 0 Å². The lowest BCUT2D eigenvalue weighted by Gasteiger charge is -2.35. The third kappa shape index (κ3) is 4.17. The lowest BCUT2D eigenvalue weighted by Crippen LogP contribution is -3.19. The summed E-state index contributed by atoms with van der Waals surface area (Å²) in [4.78, 5) is 21.7. The van der Waals surface area contributed by atoms with Gasteiger partial charge in [-0.1, -0.05) is 6.07 Å². The molecule has 0 aromatic carbocycles. The average molecular weight is 383 g/mol. The molecule has 2 aliphatic rings. The van der Waals surface area contributed by atoms with Crippen LogP contribution in [0.5, 0.6) is 0 Å². The van der Waals surface area contributed by atoms with Gasteiger partial charge in [0.1, 0.15) is 26.2 Å². The Morgan fingerprint density at radius 3 is 2.65 bits per heavy atom. The highest BCUT2D eigenvalue weighted by Gasteiger charge is 2.39. The minimum atomic E-state index is -2.98. The molecule has 2 saturated heterocycles. The van der Waals surface area contributed by atoms with Crippen molar-refractivity contribution < 1.29 is 23.1 Å². The number of anilines is 1. The molecule has 26 heavy (non-hydrogen) atoms. The normalized spacial score (nSPS) is 24.4. The van der Waals surface area contributed by atoms with E-state index in [1.165, 1.54) is 4.90 Å². The highest BCUT2D eigenvalue weighted by Crippen LogP contribution is 2.18. The number of piperazine rings is 1. The van der Waals surface area contributed by atoms with Crippen LogP contribution in [0, 0.1) is 0 Å². The van der Waals surface area contributed by atoms with Crippen molar-refractivity contribution >= 4 is 21.6 Å². The second-order valence-electron chi connectivity index (χ2n) is 7.30. The Balaban J connectivity index is 1.58. The number of nitrogens with zero attached hydrogens (tertiary/aromatic N) is 2. The molecular formula is C18H30N4O3S+2. The summed E-state index contributed by atoms with van der Waals surface area (Å²) < 4.78 is 23.5. The van der Waals surface area contributed by atoms with Crippen LogP contribution < -0.4 is 14.8 Å². The molecule has 0 unspecified atom stereocenters. The number of likely N-dealkylation sites (N-methyl/N-ethyl adjacent to an activating group) is 1. The van der Waals surface area contributed by atoms with Crippen molar-refractivity contribution in [2.24, 2.45) is 0 Å². The Hall–Kier alpha value is -1.67. The fourth-order valence-electron chi connectivity index (χ4n) is 4.09. The van der Waals surface area contributed by atoms with Gasteiger partial charge >= 0.3 is 0 Å². The number of pyridine rings is 1. The summed E-state index contributed by atoms with van der Waals surface area (Å²) in [6, 6.07) is 5.76. The smallest absolute Gasteiger partial charge is 0.280 e. The van der Waals surface area contributed by atoms with E-state index in [0.29, 0.717) is 13.0 Å². The van der Waals surface area contributed by atoms with Gasteiger partial charge in [0.25, 0.3) is 11.7 Å². The molecule has 1 amide bonds. The van der Waals surface area contributed by atoms with Crippen LogP contribution in [0.25, 0.3) is 0 Å². The van der Waals surface area contributed by atoms with Gasteiger partial charge in [0, 0.05) is 18.7 Å². The standard InChI is InChI=1S/C18H28N4O3S/c1-3-22(16-7-13-26(24,25)14-16)18(23)15(2)20-9-11-21(12-10-20)17-6-4-5-8-19-17/h4-6,8,15-16H,3,7,9-14H2,1-2H3/p+2/t15-,16-/m1/s1. The van der Waals surface area contributed by atoms with E-state index in [0.717, 1.165) is 32.0 Å². The number of quaternary nitrogens is 1. The number of hydrogen-bond donors (Lipinski definition) is 1. The van der Waals surface area contributed by atoms with Crippen LogP contribution in [-0.2, 0) is 14.6 Å². The van der Waals surface area contributed by atoms with Crippen molar-refractivity contribution in [2.45, 2.75) is 32.4 Å². The van der Waals surface area contributed by atoms with E-state index < -0.39 is 9.84 Å². The fraction of sp³-hybridized carbons (Fsp3) is 0.667. The molecule has 2 atom stereocenters. The topological polar surface area (TPSA) is 76.3 Å². The molecule has 2 N–H and O–H groups in total. The Morgan fingerprint density at radius 1 is 1.38 bits per heavy atom. The van der Waals surface area contributed by atoms with E-state index in [1.807, 2.05) is 32.2 Å². The summed E-state index contributed by atoms with van der Waals surface area (Å²) in [6.07, 6.45) is 2.50. The summed E-state index contributed by atoms with van der Waals surface area (Å²) in [5.74, 6) is 1.52. The van der Waals surface area contributed by atoms with Gasteiger partial charge in [-0.2, -0.15) is 0 Å². The zero-order valence-corrected chi connectivity index (χ0v) is 16.5. The summed E-state index contributed by atoms with van der Waals surface area (Å²) in [6.45, 7) is 8.09. The summed E-state index contributed by atoms with van der Waals surface area (Å²) in [5, 5.41) is 0. The molecule has 0 bridgehead atoms. The van der Waals surface area contributed by atoms with Gasteiger partial charge in [-0.15, -0.1) is 0 Å². The maximum Gasteiger partial charge on any atom is 0.280 e. The van der Waals surface area contributed by atoms with Crippen LogP contribution in [0.2, 0.25) is 0 Å². The summed E-state index contributed by atoms with van der Waals surface area (Å²) in [7, 11) is -2.98.